The molecule has 1 aliphatic rings. The van der Waals surface area contributed by atoms with E-state index in [0.29, 0.717) is 18.0 Å². The minimum absolute atomic E-state index is 0. The first kappa shape index (κ1) is 20.2. The molecule has 0 spiro atoms. The molecule has 3 N–H and O–H groups in total. The van der Waals surface area contributed by atoms with Crippen LogP contribution in [0.1, 0.15) is 25.8 Å². The highest BCUT2D eigenvalue weighted by molar-refractivity contribution is 14.0. The van der Waals surface area contributed by atoms with Crippen molar-refractivity contribution < 1.29 is 8.42 Å². The quantitative estimate of drug-likeness (QED) is 0.574. The zero-order valence-corrected chi connectivity index (χ0v) is 16.6. The lowest BCUT2D eigenvalue weighted by Gasteiger charge is -2.16. The molecule has 0 fully saturated rings. The van der Waals surface area contributed by atoms with Gasteiger partial charge in [0.25, 0.3) is 0 Å². The van der Waals surface area contributed by atoms with Crippen molar-refractivity contribution in [3.63, 3.8) is 0 Å². The molecular formula is C15H25IN4O2S. The molecule has 23 heavy (non-hydrogen) atoms. The molecule has 0 unspecified atom stereocenters. The molecule has 0 aromatic heterocycles. The number of hydrogen-bond acceptors (Lipinski definition) is 5. The number of benzene rings is 1. The third-order valence-corrected chi connectivity index (χ3v) is 4.71. The third kappa shape index (κ3) is 6.64. The van der Waals surface area contributed by atoms with Gasteiger partial charge >= 0.3 is 0 Å². The van der Waals surface area contributed by atoms with Crippen molar-refractivity contribution in [1.29, 1.82) is 0 Å². The average molecular weight is 452 g/mol. The third-order valence-electron chi connectivity index (χ3n) is 3.27. The summed E-state index contributed by atoms with van der Waals surface area (Å²) in [6.07, 6.45) is 1.06. The van der Waals surface area contributed by atoms with E-state index in [4.69, 9.17) is 0 Å². The van der Waals surface area contributed by atoms with Crippen LogP contribution >= 0.6 is 24.0 Å². The van der Waals surface area contributed by atoms with E-state index in [-0.39, 0.29) is 29.9 Å². The van der Waals surface area contributed by atoms with E-state index in [0.717, 1.165) is 31.0 Å². The summed E-state index contributed by atoms with van der Waals surface area (Å²) in [7, 11) is -3.41. The molecule has 0 saturated heterocycles. The Kier molecular flexibility index (Phi) is 8.27. The van der Waals surface area contributed by atoms with Crippen molar-refractivity contribution >= 4 is 40.0 Å². The predicted molar refractivity (Wildman–Crippen MR) is 104 cm³/mol. The second-order valence-electron chi connectivity index (χ2n) is 5.75. The fraction of sp³-hybridized carbons (Fsp3) is 0.533. The van der Waals surface area contributed by atoms with Crippen molar-refractivity contribution in [1.82, 2.24) is 15.4 Å². The van der Waals surface area contributed by atoms with Crippen molar-refractivity contribution in [2.75, 3.05) is 19.6 Å². The summed E-state index contributed by atoms with van der Waals surface area (Å²) in [6, 6.07) is 6.91. The molecule has 6 nitrogen and oxygen atoms in total. The van der Waals surface area contributed by atoms with Gasteiger partial charge in [0.2, 0.25) is 10.0 Å². The molecule has 1 aromatic carbocycles. The van der Waals surface area contributed by atoms with E-state index in [1.54, 1.807) is 12.1 Å². The largest absolute Gasteiger partial charge is 0.356 e. The molecule has 1 aromatic rings. The van der Waals surface area contributed by atoms with Gasteiger partial charge in [-0.25, -0.2) is 13.1 Å². The van der Waals surface area contributed by atoms with Crippen LogP contribution in [0.4, 0.5) is 0 Å². The van der Waals surface area contributed by atoms with Crippen LogP contribution in [0.3, 0.4) is 0 Å². The average Bonchev–Trinajstić information content (AvgIpc) is 2.52. The zero-order chi connectivity index (χ0) is 16.0. The van der Waals surface area contributed by atoms with Gasteiger partial charge < -0.3 is 10.6 Å². The maximum Gasteiger partial charge on any atom is 0.240 e. The number of sulfonamides is 1. The zero-order valence-electron chi connectivity index (χ0n) is 13.5. The maximum atomic E-state index is 12.1. The Morgan fingerprint density at radius 3 is 2.52 bits per heavy atom. The van der Waals surface area contributed by atoms with Gasteiger partial charge in [0.15, 0.2) is 5.96 Å². The normalized spacial score (nSPS) is 14.7. The Hall–Kier alpha value is -0.870. The van der Waals surface area contributed by atoms with E-state index in [2.05, 4.69) is 20.3 Å². The Bertz CT molecular complexity index is 615. The summed E-state index contributed by atoms with van der Waals surface area (Å²) in [5.74, 6) is 1.09. The Morgan fingerprint density at radius 2 is 1.96 bits per heavy atom. The number of hydrogen-bond donors (Lipinski definition) is 3. The second-order valence-corrected chi connectivity index (χ2v) is 7.52. The highest BCUT2D eigenvalue weighted by Gasteiger charge is 2.13. The minimum Gasteiger partial charge on any atom is -0.356 e. The van der Waals surface area contributed by atoms with Gasteiger partial charge in [0, 0.05) is 26.2 Å². The maximum absolute atomic E-state index is 12.1. The van der Waals surface area contributed by atoms with Crippen LogP contribution in [0.5, 0.6) is 0 Å². The van der Waals surface area contributed by atoms with Gasteiger partial charge in [-0.05, 0) is 30.0 Å². The van der Waals surface area contributed by atoms with Gasteiger partial charge in [-0.15, -0.1) is 24.0 Å². The summed E-state index contributed by atoms with van der Waals surface area (Å²) in [5, 5.41) is 6.40. The molecule has 8 heteroatoms. The van der Waals surface area contributed by atoms with E-state index >= 15 is 0 Å². The van der Waals surface area contributed by atoms with Crippen LogP contribution in [0.25, 0.3) is 0 Å². The molecule has 0 aliphatic carbocycles. The van der Waals surface area contributed by atoms with Gasteiger partial charge in [-0.2, -0.15) is 0 Å². The lowest BCUT2D eigenvalue weighted by Crippen LogP contribution is -2.40. The SMILES string of the molecule is CC(C)CNS(=O)(=O)c1ccc(CNC2=NCCCN2)cc1.I. The first-order valence-corrected chi connectivity index (χ1v) is 9.06. The minimum atomic E-state index is -3.41. The summed E-state index contributed by atoms with van der Waals surface area (Å²) in [6.45, 7) is 6.78. The van der Waals surface area contributed by atoms with Crippen LogP contribution in [-0.4, -0.2) is 34.0 Å². The number of nitrogens with one attached hydrogen (secondary N) is 3. The molecule has 130 valence electrons. The van der Waals surface area contributed by atoms with E-state index in [1.807, 2.05) is 26.0 Å². The number of halogens is 1. The number of rotatable bonds is 6. The summed E-state index contributed by atoms with van der Waals surface area (Å²) < 4.78 is 26.8. The molecule has 0 amide bonds. The first-order valence-electron chi connectivity index (χ1n) is 7.58. The molecule has 0 saturated carbocycles. The smallest absolute Gasteiger partial charge is 0.240 e. The Balaban J connectivity index is 0.00000264. The van der Waals surface area contributed by atoms with Crippen LogP contribution in [-0.2, 0) is 16.6 Å². The molecule has 0 bridgehead atoms. The highest BCUT2D eigenvalue weighted by Crippen LogP contribution is 2.11. The monoisotopic (exact) mass is 452 g/mol. The van der Waals surface area contributed by atoms with Crippen LogP contribution < -0.4 is 15.4 Å². The number of aliphatic imine (C=N–C) groups is 1. The molecule has 2 rings (SSSR count). The van der Waals surface area contributed by atoms with Gasteiger partial charge in [-0.3, -0.25) is 4.99 Å². The van der Waals surface area contributed by atoms with Crippen LogP contribution in [0.15, 0.2) is 34.2 Å². The summed E-state index contributed by atoms with van der Waals surface area (Å²) in [4.78, 5) is 4.63. The van der Waals surface area contributed by atoms with Gasteiger partial charge in [-0.1, -0.05) is 26.0 Å². The standard InChI is InChI=1S/C15H24N4O2S.HI/c1-12(2)10-19-22(20,21)14-6-4-13(5-7-14)11-18-15-16-8-3-9-17-15;/h4-7,12,19H,3,8-11H2,1-2H3,(H2,16,17,18);1H. The second kappa shape index (κ2) is 9.43. The first-order chi connectivity index (χ1) is 10.5. The topological polar surface area (TPSA) is 82.6 Å². The van der Waals surface area contributed by atoms with Crippen molar-refractivity contribution in [3.8, 4) is 0 Å². The number of nitrogens with zero attached hydrogens (tertiary/aromatic N) is 1. The lowest BCUT2D eigenvalue weighted by molar-refractivity contribution is 0.560. The molecule has 1 aliphatic heterocycles. The summed E-state index contributed by atoms with van der Waals surface area (Å²) >= 11 is 0. The van der Waals surface area contributed by atoms with Crippen molar-refractivity contribution in [2.45, 2.75) is 31.7 Å². The Morgan fingerprint density at radius 1 is 1.26 bits per heavy atom. The molecule has 0 radical (unpaired) electrons. The highest BCUT2D eigenvalue weighted by atomic mass is 127. The fourth-order valence-corrected chi connectivity index (χ4v) is 3.20. The predicted octanol–water partition coefficient (Wildman–Crippen LogP) is 1.68. The van der Waals surface area contributed by atoms with Crippen molar-refractivity contribution in [3.05, 3.63) is 29.8 Å². The van der Waals surface area contributed by atoms with Crippen LogP contribution in [0.2, 0.25) is 0 Å². The van der Waals surface area contributed by atoms with Crippen molar-refractivity contribution in [2.24, 2.45) is 10.9 Å². The lowest BCUT2D eigenvalue weighted by atomic mass is 10.2. The van der Waals surface area contributed by atoms with E-state index in [1.165, 1.54) is 0 Å². The Labute approximate surface area is 155 Å². The van der Waals surface area contributed by atoms with Crippen LogP contribution in [0, 0.1) is 5.92 Å². The molecular weight excluding hydrogens is 427 g/mol. The number of guanidine groups is 1. The van der Waals surface area contributed by atoms with Gasteiger partial charge in [0.05, 0.1) is 4.90 Å². The molecule has 1 heterocycles. The molecule has 0 atom stereocenters. The fourth-order valence-electron chi connectivity index (χ4n) is 1.98. The van der Waals surface area contributed by atoms with Gasteiger partial charge in [0.1, 0.15) is 0 Å². The van der Waals surface area contributed by atoms with E-state index in [9.17, 15) is 8.42 Å². The van der Waals surface area contributed by atoms with E-state index < -0.39 is 10.0 Å². The summed E-state index contributed by atoms with van der Waals surface area (Å²) in [5.41, 5.74) is 1.01.